The molecule has 0 aliphatic rings. The molecule has 0 atom stereocenters. The fraction of sp³-hybridized carbons (Fsp3) is 0.692. The molecule has 0 aliphatic carbocycles. The van der Waals surface area contributed by atoms with Gasteiger partial charge < -0.3 is 15.5 Å². The molecule has 2 N–H and O–H groups in total. The molecule has 1 aromatic rings. The minimum Gasteiger partial charge on any atom is -0.364 e. The molecule has 1 heterocycles. The Hall–Kier alpha value is -1.36. The first-order valence-corrected chi connectivity index (χ1v) is 6.33. The fourth-order valence-electron chi connectivity index (χ4n) is 1.71. The SMILES string of the molecule is CNCC(C)(C)Nc1cc(N(C)C(C)C)ncn1. The van der Waals surface area contributed by atoms with Gasteiger partial charge in [-0.3, -0.25) is 0 Å². The Labute approximate surface area is 110 Å². The lowest BCUT2D eigenvalue weighted by Gasteiger charge is -2.28. The largest absolute Gasteiger partial charge is 0.364 e. The first kappa shape index (κ1) is 14.7. The van der Waals surface area contributed by atoms with Crippen molar-refractivity contribution in [2.24, 2.45) is 0 Å². The molecule has 1 rings (SSSR count). The van der Waals surface area contributed by atoms with Crippen LogP contribution < -0.4 is 15.5 Å². The minimum absolute atomic E-state index is 0.0449. The highest BCUT2D eigenvalue weighted by atomic mass is 15.2. The maximum atomic E-state index is 4.30. The summed E-state index contributed by atoms with van der Waals surface area (Å²) in [4.78, 5) is 10.7. The second kappa shape index (κ2) is 6.00. The van der Waals surface area contributed by atoms with E-state index in [2.05, 4.69) is 53.2 Å². The number of nitrogens with zero attached hydrogens (tertiary/aromatic N) is 3. The van der Waals surface area contributed by atoms with Gasteiger partial charge in [-0.1, -0.05) is 0 Å². The van der Waals surface area contributed by atoms with E-state index < -0.39 is 0 Å². The number of rotatable bonds is 6. The van der Waals surface area contributed by atoms with Crippen LogP contribution in [0, 0.1) is 0 Å². The summed E-state index contributed by atoms with van der Waals surface area (Å²) in [6, 6.07) is 2.40. The summed E-state index contributed by atoms with van der Waals surface area (Å²) in [5, 5.41) is 6.58. The van der Waals surface area contributed by atoms with Gasteiger partial charge in [0.1, 0.15) is 18.0 Å². The molecule has 0 unspecified atom stereocenters. The average Bonchev–Trinajstić information content (AvgIpc) is 2.27. The molecule has 5 heteroatoms. The van der Waals surface area contributed by atoms with Crippen LogP contribution in [0.2, 0.25) is 0 Å². The molecule has 0 saturated carbocycles. The molecule has 0 aromatic carbocycles. The van der Waals surface area contributed by atoms with Crippen molar-refractivity contribution in [1.82, 2.24) is 15.3 Å². The number of hydrogen-bond donors (Lipinski definition) is 2. The van der Waals surface area contributed by atoms with Crippen LogP contribution in [0.25, 0.3) is 0 Å². The topological polar surface area (TPSA) is 53.1 Å². The van der Waals surface area contributed by atoms with Crippen LogP contribution in [0.1, 0.15) is 27.7 Å². The number of anilines is 2. The summed E-state index contributed by atoms with van der Waals surface area (Å²) in [5.74, 6) is 1.79. The Morgan fingerprint density at radius 2 is 2.00 bits per heavy atom. The van der Waals surface area contributed by atoms with Crippen LogP contribution in [0.5, 0.6) is 0 Å². The molecule has 0 saturated heterocycles. The van der Waals surface area contributed by atoms with E-state index in [1.807, 2.05) is 20.2 Å². The highest BCUT2D eigenvalue weighted by Crippen LogP contribution is 2.17. The van der Waals surface area contributed by atoms with E-state index in [1.54, 1.807) is 6.33 Å². The standard InChI is InChI=1S/C13H25N5/c1-10(2)18(6)12-7-11(15-9-16-12)17-13(3,4)8-14-5/h7,9-10,14H,8H2,1-6H3,(H,15,16,17). The predicted octanol–water partition coefficient (Wildman–Crippen LogP) is 1.73. The van der Waals surface area contributed by atoms with E-state index >= 15 is 0 Å². The highest BCUT2D eigenvalue weighted by Gasteiger charge is 2.17. The molecular formula is C13H25N5. The predicted molar refractivity (Wildman–Crippen MR) is 77.2 cm³/mol. The molecule has 0 aliphatic heterocycles. The van der Waals surface area contributed by atoms with E-state index in [9.17, 15) is 0 Å². The maximum Gasteiger partial charge on any atom is 0.134 e. The van der Waals surface area contributed by atoms with Gasteiger partial charge >= 0.3 is 0 Å². The smallest absolute Gasteiger partial charge is 0.134 e. The molecule has 0 spiro atoms. The molecule has 102 valence electrons. The van der Waals surface area contributed by atoms with Gasteiger partial charge in [-0.05, 0) is 34.7 Å². The van der Waals surface area contributed by atoms with Crippen LogP contribution in [0.3, 0.4) is 0 Å². The Bertz CT molecular complexity index is 375. The third kappa shape index (κ3) is 4.14. The average molecular weight is 251 g/mol. The fourth-order valence-corrected chi connectivity index (χ4v) is 1.71. The molecule has 0 amide bonds. The monoisotopic (exact) mass is 251 g/mol. The van der Waals surface area contributed by atoms with E-state index in [0.717, 1.165) is 18.2 Å². The summed E-state index contributed by atoms with van der Waals surface area (Å²) < 4.78 is 0. The van der Waals surface area contributed by atoms with Crippen molar-refractivity contribution in [3.8, 4) is 0 Å². The van der Waals surface area contributed by atoms with Crippen molar-refractivity contribution in [2.75, 3.05) is 30.9 Å². The van der Waals surface area contributed by atoms with Gasteiger partial charge in [0.2, 0.25) is 0 Å². The van der Waals surface area contributed by atoms with Gasteiger partial charge in [0, 0.05) is 31.2 Å². The summed E-state index contributed by atoms with van der Waals surface area (Å²) in [5.41, 5.74) is -0.0449. The van der Waals surface area contributed by atoms with Crippen molar-refractivity contribution in [3.05, 3.63) is 12.4 Å². The van der Waals surface area contributed by atoms with Gasteiger partial charge in [0.25, 0.3) is 0 Å². The second-order valence-electron chi connectivity index (χ2n) is 5.51. The van der Waals surface area contributed by atoms with Crippen LogP contribution >= 0.6 is 0 Å². The third-order valence-corrected chi connectivity index (χ3v) is 2.87. The normalized spacial score (nSPS) is 11.7. The number of likely N-dealkylation sites (N-methyl/N-ethyl adjacent to an activating group) is 1. The van der Waals surface area contributed by atoms with Crippen LogP contribution in [-0.2, 0) is 0 Å². The summed E-state index contributed by atoms with van der Waals surface area (Å²) in [6.07, 6.45) is 1.60. The molecule has 0 bridgehead atoms. The summed E-state index contributed by atoms with van der Waals surface area (Å²) >= 11 is 0. The molecule has 5 nitrogen and oxygen atoms in total. The van der Waals surface area contributed by atoms with E-state index in [4.69, 9.17) is 0 Å². The summed E-state index contributed by atoms with van der Waals surface area (Å²) in [6.45, 7) is 9.42. The maximum absolute atomic E-state index is 4.30. The van der Waals surface area contributed by atoms with Gasteiger partial charge in [-0.2, -0.15) is 0 Å². The Kier molecular flexibility index (Phi) is 4.90. The Morgan fingerprint density at radius 1 is 1.33 bits per heavy atom. The number of nitrogens with one attached hydrogen (secondary N) is 2. The molecule has 18 heavy (non-hydrogen) atoms. The Balaban J connectivity index is 2.82. The van der Waals surface area contributed by atoms with Crippen LogP contribution in [0.4, 0.5) is 11.6 Å². The molecular weight excluding hydrogens is 226 g/mol. The van der Waals surface area contributed by atoms with Crippen LogP contribution in [0.15, 0.2) is 12.4 Å². The van der Waals surface area contributed by atoms with Crippen LogP contribution in [-0.4, -0.2) is 42.2 Å². The highest BCUT2D eigenvalue weighted by molar-refractivity contribution is 5.49. The van der Waals surface area contributed by atoms with Gasteiger partial charge in [-0.15, -0.1) is 0 Å². The zero-order valence-corrected chi connectivity index (χ0v) is 12.3. The molecule has 0 radical (unpaired) electrons. The van der Waals surface area contributed by atoms with Crippen molar-refractivity contribution in [1.29, 1.82) is 0 Å². The van der Waals surface area contributed by atoms with Crippen molar-refractivity contribution < 1.29 is 0 Å². The van der Waals surface area contributed by atoms with Gasteiger partial charge in [0.15, 0.2) is 0 Å². The zero-order valence-electron chi connectivity index (χ0n) is 12.3. The second-order valence-corrected chi connectivity index (χ2v) is 5.51. The zero-order chi connectivity index (χ0) is 13.8. The van der Waals surface area contributed by atoms with E-state index in [-0.39, 0.29) is 5.54 Å². The number of aromatic nitrogens is 2. The molecule has 0 fully saturated rings. The van der Waals surface area contributed by atoms with Crippen molar-refractivity contribution >= 4 is 11.6 Å². The van der Waals surface area contributed by atoms with Crippen molar-refractivity contribution in [3.63, 3.8) is 0 Å². The lowest BCUT2D eigenvalue weighted by molar-refractivity contribution is 0.528. The third-order valence-electron chi connectivity index (χ3n) is 2.87. The van der Waals surface area contributed by atoms with Gasteiger partial charge in [-0.25, -0.2) is 9.97 Å². The lowest BCUT2D eigenvalue weighted by atomic mass is 10.1. The van der Waals surface area contributed by atoms with E-state index in [0.29, 0.717) is 6.04 Å². The minimum atomic E-state index is -0.0449. The quantitative estimate of drug-likeness (QED) is 0.806. The molecule has 1 aromatic heterocycles. The first-order valence-electron chi connectivity index (χ1n) is 6.33. The number of hydrogen-bond acceptors (Lipinski definition) is 5. The van der Waals surface area contributed by atoms with Gasteiger partial charge in [0.05, 0.1) is 0 Å². The lowest BCUT2D eigenvalue weighted by Crippen LogP contribution is -2.41. The first-order chi connectivity index (χ1) is 8.35. The summed E-state index contributed by atoms with van der Waals surface area (Å²) in [7, 11) is 3.98. The van der Waals surface area contributed by atoms with Crippen molar-refractivity contribution in [2.45, 2.75) is 39.3 Å². The Morgan fingerprint density at radius 3 is 2.56 bits per heavy atom. The van der Waals surface area contributed by atoms with E-state index in [1.165, 1.54) is 0 Å².